The van der Waals surface area contributed by atoms with Gasteiger partial charge in [0.1, 0.15) is 6.04 Å². The van der Waals surface area contributed by atoms with Gasteiger partial charge < -0.3 is 14.2 Å². The molecule has 1 aliphatic rings. The highest BCUT2D eigenvalue weighted by Crippen LogP contribution is 2.21. The van der Waals surface area contributed by atoms with Crippen LogP contribution in [0.15, 0.2) is 10.7 Å². The maximum absolute atomic E-state index is 12.4. The summed E-state index contributed by atoms with van der Waals surface area (Å²) >= 11 is 0. The van der Waals surface area contributed by atoms with Crippen LogP contribution in [-0.4, -0.2) is 41.1 Å². The molecule has 1 saturated heterocycles. The van der Waals surface area contributed by atoms with Gasteiger partial charge in [0.25, 0.3) is 5.91 Å². The smallest absolute Gasteiger partial charge is 0.328 e. The van der Waals surface area contributed by atoms with E-state index in [-0.39, 0.29) is 17.6 Å². The summed E-state index contributed by atoms with van der Waals surface area (Å²) < 4.78 is 10.0. The third-order valence-corrected chi connectivity index (χ3v) is 3.27. The molecule has 0 N–H and O–H groups in total. The van der Waals surface area contributed by atoms with E-state index in [1.165, 1.54) is 11.1 Å². The normalized spacial score (nSPS) is 19.3. The van der Waals surface area contributed by atoms with E-state index < -0.39 is 6.04 Å². The first-order chi connectivity index (χ1) is 9.15. The van der Waals surface area contributed by atoms with E-state index in [2.05, 4.69) is 5.16 Å². The monoisotopic (exact) mass is 266 g/mol. The maximum atomic E-state index is 12.4. The molecule has 104 valence electrons. The Hall–Kier alpha value is -1.85. The molecule has 1 unspecified atom stereocenters. The minimum absolute atomic E-state index is 0.205. The van der Waals surface area contributed by atoms with E-state index in [9.17, 15) is 9.59 Å². The number of hydrogen-bond donors (Lipinski definition) is 0. The number of aromatic nitrogens is 1. The van der Waals surface area contributed by atoms with Crippen molar-refractivity contribution in [3.8, 4) is 0 Å². The number of carbonyl (C=O) groups is 2. The Morgan fingerprint density at radius 1 is 1.53 bits per heavy atom. The van der Waals surface area contributed by atoms with Crippen LogP contribution < -0.4 is 0 Å². The third-order valence-electron chi connectivity index (χ3n) is 3.27. The van der Waals surface area contributed by atoms with Crippen LogP contribution in [0.1, 0.15) is 42.3 Å². The lowest BCUT2D eigenvalue weighted by atomic mass is 10.0. The Bertz CT molecular complexity index is 469. The SMILES string of the molecule is CCOC(=O)C1CCCCN1C(=O)c1oncc1C. The average Bonchev–Trinajstić information content (AvgIpc) is 2.84. The summed E-state index contributed by atoms with van der Waals surface area (Å²) in [5.41, 5.74) is 0.679. The third kappa shape index (κ3) is 2.77. The van der Waals surface area contributed by atoms with Gasteiger partial charge in [0.05, 0.1) is 12.8 Å². The van der Waals surface area contributed by atoms with Gasteiger partial charge in [-0.1, -0.05) is 5.16 Å². The maximum Gasteiger partial charge on any atom is 0.328 e. The predicted molar refractivity (Wildman–Crippen MR) is 66.5 cm³/mol. The molecule has 0 bridgehead atoms. The summed E-state index contributed by atoms with van der Waals surface area (Å²) in [6.45, 7) is 4.38. The van der Waals surface area contributed by atoms with Gasteiger partial charge in [0.2, 0.25) is 5.76 Å². The van der Waals surface area contributed by atoms with Crippen molar-refractivity contribution >= 4 is 11.9 Å². The molecule has 0 spiro atoms. The first-order valence-electron chi connectivity index (χ1n) is 6.54. The summed E-state index contributed by atoms with van der Waals surface area (Å²) in [4.78, 5) is 25.8. The second-order valence-corrected chi connectivity index (χ2v) is 4.60. The molecule has 1 fully saturated rings. The molecule has 6 heteroatoms. The van der Waals surface area contributed by atoms with Crippen molar-refractivity contribution in [2.75, 3.05) is 13.2 Å². The number of ether oxygens (including phenoxy) is 1. The zero-order chi connectivity index (χ0) is 13.8. The minimum Gasteiger partial charge on any atom is -0.464 e. The molecule has 2 heterocycles. The summed E-state index contributed by atoms with van der Waals surface area (Å²) in [5, 5.41) is 3.61. The molecule has 0 aromatic carbocycles. The molecule has 0 radical (unpaired) electrons. The van der Waals surface area contributed by atoms with Crippen LogP contribution in [0.5, 0.6) is 0 Å². The summed E-state index contributed by atoms with van der Waals surface area (Å²) in [6.07, 6.45) is 3.94. The largest absolute Gasteiger partial charge is 0.464 e. The Balaban J connectivity index is 2.18. The molecule has 1 aromatic rings. The fraction of sp³-hybridized carbons (Fsp3) is 0.615. The molecular weight excluding hydrogens is 248 g/mol. The number of nitrogens with zero attached hydrogens (tertiary/aromatic N) is 2. The molecule has 0 aliphatic carbocycles. The van der Waals surface area contributed by atoms with Gasteiger partial charge in [-0.2, -0.15) is 0 Å². The molecule has 1 atom stereocenters. The van der Waals surface area contributed by atoms with Gasteiger partial charge in [-0.05, 0) is 33.1 Å². The lowest BCUT2D eigenvalue weighted by Gasteiger charge is -2.33. The van der Waals surface area contributed by atoms with Crippen LogP contribution in [0.3, 0.4) is 0 Å². The van der Waals surface area contributed by atoms with E-state index in [0.29, 0.717) is 25.1 Å². The Labute approximate surface area is 111 Å². The second kappa shape index (κ2) is 5.86. The predicted octanol–water partition coefficient (Wildman–Crippen LogP) is 1.54. The number of carbonyl (C=O) groups excluding carboxylic acids is 2. The molecule has 0 saturated carbocycles. The van der Waals surface area contributed by atoms with Crippen LogP contribution in [0.4, 0.5) is 0 Å². The number of hydrogen-bond acceptors (Lipinski definition) is 5. The van der Waals surface area contributed by atoms with Gasteiger partial charge in [0.15, 0.2) is 0 Å². The Morgan fingerprint density at radius 2 is 2.32 bits per heavy atom. The molecule has 1 aromatic heterocycles. The lowest BCUT2D eigenvalue weighted by Crippen LogP contribution is -2.48. The highest BCUT2D eigenvalue weighted by molar-refractivity contribution is 5.95. The van der Waals surface area contributed by atoms with Crippen molar-refractivity contribution in [1.29, 1.82) is 0 Å². The van der Waals surface area contributed by atoms with Gasteiger partial charge >= 0.3 is 5.97 Å². The zero-order valence-corrected chi connectivity index (χ0v) is 11.2. The van der Waals surface area contributed by atoms with Gasteiger partial charge in [-0.3, -0.25) is 4.79 Å². The van der Waals surface area contributed by atoms with Crippen molar-refractivity contribution in [1.82, 2.24) is 10.1 Å². The zero-order valence-electron chi connectivity index (χ0n) is 11.2. The lowest BCUT2D eigenvalue weighted by molar-refractivity contribution is -0.149. The summed E-state index contributed by atoms with van der Waals surface area (Å²) in [7, 11) is 0. The molecule has 1 amide bonds. The van der Waals surface area contributed by atoms with Crippen molar-refractivity contribution in [3.63, 3.8) is 0 Å². The molecule has 19 heavy (non-hydrogen) atoms. The summed E-state index contributed by atoms with van der Waals surface area (Å²) in [6, 6.07) is -0.509. The Kier molecular flexibility index (Phi) is 4.19. The Morgan fingerprint density at radius 3 is 2.95 bits per heavy atom. The first kappa shape index (κ1) is 13.6. The van der Waals surface area contributed by atoms with E-state index in [0.717, 1.165) is 12.8 Å². The van der Waals surface area contributed by atoms with Crippen molar-refractivity contribution in [3.05, 3.63) is 17.5 Å². The van der Waals surface area contributed by atoms with E-state index in [1.54, 1.807) is 13.8 Å². The molecule has 2 rings (SSSR count). The van der Waals surface area contributed by atoms with Crippen LogP contribution in [0.2, 0.25) is 0 Å². The number of piperidine rings is 1. The van der Waals surface area contributed by atoms with E-state index >= 15 is 0 Å². The van der Waals surface area contributed by atoms with E-state index in [4.69, 9.17) is 9.26 Å². The van der Waals surface area contributed by atoms with Gasteiger partial charge in [-0.25, -0.2) is 4.79 Å². The molecular formula is C13H18N2O4. The number of rotatable bonds is 3. The highest BCUT2D eigenvalue weighted by Gasteiger charge is 2.35. The first-order valence-corrected chi connectivity index (χ1v) is 6.54. The van der Waals surface area contributed by atoms with E-state index in [1.807, 2.05) is 0 Å². The van der Waals surface area contributed by atoms with Gasteiger partial charge in [-0.15, -0.1) is 0 Å². The van der Waals surface area contributed by atoms with Gasteiger partial charge in [0, 0.05) is 12.1 Å². The number of likely N-dealkylation sites (tertiary alicyclic amines) is 1. The minimum atomic E-state index is -0.509. The topological polar surface area (TPSA) is 72.6 Å². The summed E-state index contributed by atoms with van der Waals surface area (Å²) in [5.74, 6) is -0.420. The van der Waals surface area contributed by atoms with Crippen LogP contribution in [-0.2, 0) is 9.53 Å². The second-order valence-electron chi connectivity index (χ2n) is 4.60. The number of amides is 1. The molecule has 1 aliphatic heterocycles. The number of aryl methyl sites for hydroxylation is 1. The van der Waals surface area contributed by atoms with Crippen molar-refractivity contribution in [2.24, 2.45) is 0 Å². The number of esters is 1. The van der Waals surface area contributed by atoms with Crippen LogP contribution >= 0.6 is 0 Å². The van der Waals surface area contributed by atoms with Crippen LogP contribution in [0.25, 0.3) is 0 Å². The highest BCUT2D eigenvalue weighted by atomic mass is 16.5. The average molecular weight is 266 g/mol. The standard InChI is InChI=1S/C13H18N2O4/c1-3-18-13(17)10-6-4-5-7-15(10)12(16)11-9(2)8-14-19-11/h8,10H,3-7H2,1-2H3. The quantitative estimate of drug-likeness (QED) is 0.776. The van der Waals surface area contributed by atoms with Crippen molar-refractivity contribution in [2.45, 2.75) is 39.2 Å². The van der Waals surface area contributed by atoms with Crippen molar-refractivity contribution < 1.29 is 18.8 Å². The van der Waals surface area contributed by atoms with Crippen LogP contribution in [0, 0.1) is 6.92 Å². The molecule has 6 nitrogen and oxygen atoms in total. The fourth-order valence-corrected chi connectivity index (χ4v) is 2.29. The fourth-order valence-electron chi connectivity index (χ4n) is 2.29.